The summed E-state index contributed by atoms with van der Waals surface area (Å²) < 4.78 is 27.5. The molecule has 0 spiro atoms. The first-order chi connectivity index (χ1) is 11.5. The zero-order chi connectivity index (χ0) is 17.5. The van der Waals surface area contributed by atoms with Crippen LogP contribution in [-0.2, 0) is 17.9 Å². The Morgan fingerprint density at radius 3 is 2.38 bits per heavy atom. The summed E-state index contributed by atoms with van der Waals surface area (Å²) in [7, 11) is 0. The van der Waals surface area contributed by atoms with Gasteiger partial charge in [-0.2, -0.15) is 0 Å². The molecular weight excluding hydrogens is 310 g/mol. The average Bonchev–Trinajstić information content (AvgIpc) is 2.56. The van der Waals surface area contributed by atoms with Gasteiger partial charge in [-0.25, -0.2) is 8.78 Å². The van der Waals surface area contributed by atoms with Gasteiger partial charge in [-0.1, -0.05) is 37.3 Å². The van der Waals surface area contributed by atoms with Gasteiger partial charge < -0.3 is 5.32 Å². The molecule has 2 aromatic carbocycles. The van der Waals surface area contributed by atoms with Gasteiger partial charge in [0.1, 0.15) is 11.6 Å². The number of aryl methyl sites for hydroxylation is 1. The Morgan fingerprint density at radius 1 is 1.08 bits per heavy atom. The van der Waals surface area contributed by atoms with E-state index in [2.05, 4.69) is 5.32 Å². The van der Waals surface area contributed by atoms with Gasteiger partial charge in [0.2, 0.25) is 5.91 Å². The zero-order valence-corrected chi connectivity index (χ0v) is 14.0. The van der Waals surface area contributed by atoms with Gasteiger partial charge in [-0.05, 0) is 36.7 Å². The van der Waals surface area contributed by atoms with Crippen molar-refractivity contribution in [3.8, 4) is 0 Å². The molecule has 0 aliphatic heterocycles. The quantitative estimate of drug-likeness (QED) is 0.843. The summed E-state index contributed by atoms with van der Waals surface area (Å²) >= 11 is 0. The normalized spacial score (nSPS) is 10.9. The van der Waals surface area contributed by atoms with E-state index in [1.807, 2.05) is 38.1 Å². The molecule has 0 aliphatic carbocycles. The molecule has 24 heavy (non-hydrogen) atoms. The number of halogens is 2. The number of nitrogens with zero attached hydrogens (tertiary/aromatic N) is 1. The lowest BCUT2D eigenvalue weighted by Crippen LogP contribution is -2.37. The molecule has 2 rings (SSSR count). The van der Waals surface area contributed by atoms with Crippen molar-refractivity contribution >= 4 is 5.91 Å². The fourth-order valence-electron chi connectivity index (χ4n) is 2.45. The van der Waals surface area contributed by atoms with Crippen LogP contribution in [0.15, 0.2) is 42.5 Å². The second-order valence-corrected chi connectivity index (χ2v) is 5.71. The molecule has 1 amide bonds. The molecule has 0 aromatic heterocycles. The lowest BCUT2D eigenvalue weighted by atomic mass is 10.1. The summed E-state index contributed by atoms with van der Waals surface area (Å²) in [4.78, 5) is 13.8. The van der Waals surface area contributed by atoms with Crippen molar-refractivity contribution in [1.82, 2.24) is 10.2 Å². The number of rotatable bonds is 7. The van der Waals surface area contributed by atoms with Crippen LogP contribution in [0.5, 0.6) is 0 Å². The van der Waals surface area contributed by atoms with Crippen molar-refractivity contribution < 1.29 is 13.6 Å². The number of amides is 1. The monoisotopic (exact) mass is 332 g/mol. The molecule has 3 nitrogen and oxygen atoms in total. The smallest absolute Gasteiger partial charge is 0.234 e. The Balaban J connectivity index is 1.92. The number of likely N-dealkylation sites (N-methyl/N-ethyl adjacent to an activating group) is 1. The molecule has 0 bridgehead atoms. The van der Waals surface area contributed by atoms with E-state index < -0.39 is 11.6 Å². The molecule has 5 heteroatoms. The first kappa shape index (κ1) is 18.1. The largest absolute Gasteiger partial charge is 0.351 e. The Hall–Kier alpha value is -2.27. The van der Waals surface area contributed by atoms with Gasteiger partial charge in [-0.3, -0.25) is 9.69 Å². The predicted molar refractivity (Wildman–Crippen MR) is 90.3 cm³/mol. The Bertz CT molecular complexity index is 683. The maximum absolute atomic E-state index is 13.7. The molecule has 0 saturated heterocycles. The Kier molecular flexibility index (Phi) is 6.44. The van der Waals surface area contributed by atoms with Crippen LogP contribution in [0.4, 0.5) is 8.78 Å². The van der Waals surface area contributed by atoms with Crippen LogP contribution in [-0.4, -0.2) is 23.9 Å². The number of carbonyl (C=O) groups is 1. The van der Waals surface area contributed by atoms with Crippen LogP contribution < -0.4 is 5.32 Å². The maximum atomic E-state index is 13.7. The minimum atomic E-state index is -0.589. The standard InChI is InChI=1S/C19H22F2N2O/c1-3-23(12-16-17(20)9-6-10-18(16)21)13-19(24)22-11-15-8-5-4-7-14(15)2/h4-10H,3,11-13H2,1-2H3,(H,22,24). The van der Waals surface area contributed by atoms with Gasteiger partial charge in [-0.15, -0.1) is 0 Å². The molecule has 128 valence electrons. The van der Waals surface area contributed by atoms with E-state index in [9.17, 15) is 13.6 Å². The molecule has 0 aliphatic rings. The summed E-state index contributed by atoms with van der Waals surface area (Å²) in [6, 6.07) is 11.6. The third-order valence-corrected chi connectivity index (χ3v) is 4.00. The lowest BCUT2D eigenvalue weighted by Gasteiger charge is -2.20. The first-order valence-corrected chi connectivity index (χ1v) is 7.97. The average molecular weight is 332 g/mol. The van der Waals surface area contributed by atoms with Gasteiger partial charge in [0.25, 0.3) is 0 Å². The lowest BCUT2D eigenvalue weighted by molar-refractivity contribution is -0.122. The maximum Gasteiger partial charge on any atom is 0.234 e. The van der Waals surface area contributed by atoms with Crippen molar-refractivity contribution in [2.24, 2.45) is 0 Å². The Labute approximate surface area is 141 Å². The fourth-order valence-corrected chi connectivity index (χ4v) is 2.45. The molecule has 0 saturated carbocycles. The molecule has 0 fully saturated rings. The number of nitrogens with one attached hydrogen (secondary N) is 1. The summed E-state index contributed by atoms with van der Waals surface area (Å²) in [6.07, 6.45) is 0. The summed E-state index contributed by atoms with van der Waals surface area (Å²) in [5.74, 6) is -1.35. The summed E-state index contributed by atoms with van der Waals surface area (Å²) in [5, 5.41) is 2.85. The van der Waals surface area contributed by atoms with E-state index in [1.165, 1.54) is 18.2 Å². The van der Waals surface area contributed by atoms with Crippen LogP contribution >= 0.6 is 0 Å². The summed E-state index contributed by atoms with van der Waals surface area (Å²) in [5.41, 5.74) is 2.15. The van der Waals surface area contributed by atoms with Crippen LogP contribution in [0.25, 0.3) is 0 Å². The molecule has 0 heterocycles. The third kappa shape index (κ3) is 4.86. The summed E-state index contributed by atoms with van der Waals surface area (Å²) in [6.45, 7) is 4.96. The van der Waals surface area contributed by atoms with Crippen LogP contribution in [0.2, 0.25) is 0 Å². The fraction of sp³-hybridized carbons (Fsp3) is 0.316. The number of benzene rings is 2. The van der Waals surface area contributed by atoms with E-state index in [0.717, 1.165) is 11.1 Å². The zero-order valence-electron chi connectivity index (χ0n) is 14.0. The van der Waals surface area contributed by atoms with Crippen LogP contribution in [0.3, 0.4) is 0 Å². The van der Waals surface area contributed by atoms with E-state index in [0.29, 0.717) is 13.1 Å². The highest BCUT2D eigenvalue weighted by molar-refractivity contribution is 5.78. The van der Waals surface area contributed by atoms with E-state index in [1.54, 1.807) is 4.90 Å². The highest BCUT2D eigenvalue weighted by Gasteiger charge is 2.15. The minimum Gasteiger partial charge on any atom is -0.351 e. The topological polar surface area (TPSA) is 32.3 Å². The van der Waals surface area contributed by atoms with E-state index in [4.69, 9.17) is 0 Å². The molecular formula is C19H22F2N2O. The number of hydrogen-bond acceptors (Lipinski definition) is 2. The van der Waals surface area contributed by atoms with E-state index >= 15 is 0 Å². The van der Waals surface area contributed by atoms with Gasteiger partial charge in [0, 0.05) is 18.7 Å². The molecule has 2 aromatic rings. The van der Waals surface area contributed by atoms with E-state index in [-0.39, 0.29) is 24.6 Å². The molecule has 0 atom stereocenters. The molecule has 0 radical (unpaired) electrons. The first-order valence-electron chi connectivity index (χ1n) is 7.97. The van der Waals surface area contributed by atoms with Crippen LogP contribution in [0, 0.1) is 18.6 Å². The number of carbonyl (C=O) groups excluding carboxylic acids is 1. The van der Waals surface area contributed by atoms with Crippen molar-refractivity contribution in [2.45, 2.75) is 26.9 Å². The SMILES string of the molecule is CCN(CC(=O)NCc1ccccc1C)Cc1c(F)cccc1F. The predicted octanol–water partition coefficient (Wildman–Crippen LogP) is 3.41. The highest BCUT2D eigenvalue weighted by Crippen LogP contribution is 2.14. The van der Waals surface area contributed by atoms with Crippen molar-refractivity contribution in [3.63, 3.8) is 0 Å². The van der Waals surface area contributed by atoms with Crippen molar-refractivity contribution in [1.29, 1.82) is 0 Å². The van der Waals surface area contributed by atoms with Gasteiger partial charge in [0.05, 0.1) is 6.54 Å². The second-order valence-electron chi connectivity index (χ2n) is 5.71. The Morgan fingerprint density at radius 2 is 1.75 bits per heavy atom. The number of hydrogen-bond donors (Lipinski definition) is 1. The highest BCUT2D eigenvalue weighted by atomic mass is 19.1. The van der Waals surface area contributed by atoms with Crippen molar-refractivity contribution in [2.75, 3.05) is 13.1 Å². The second kappa shape index (κ2) is 8.55. The van der Waals surface area contributed by atoms with Crippen molar-refractivity contribution in [3.05, 3.63) is 70.8 Å². The van der Waals surface area contributed by atoms with Gasteiger partial charge >= 0.3 is 0 Å². The van der Waals surface area contributed by atoms with Gasteiger partial charge in [0.15, 0.2) is 0 Å². The minimum absolute atomic E-state index is 0.00828. The molecule has 0 unspecified atom stereocenters. The third-order valence-electron chi connectivity index (χ3n) is 4.00. The van der Waals surface area contributed by atoms with Crippen LogP contribution in [0.1, 0.15) is 23.6 Å². The molecule has 1 N–H and O–H groups in total.